The lowest BCUT2D eigenvalue weighted by atomic mass is 10.1. The third kappa shape index (κ3) is 21.6. The topological polar surface area (TPSA) is 508 Å². The van der Waals surface area contributed by atoms with Gasteiger partial charge >= 0.3 is 32.5 Å². The van der Waals surface area contributed by atoms with Crippen molar-refractivity contribution in [1.82, 2.24) is 78.5 Å². The lowest BCUT2D eigenvalue weighted by Gasteiger charge is -2.25. The molecule has 0 radical (unpaired) electrons. The zero-order valence-electron chi connectivity index (χ0n) is 62.1. The molecule has 13 N–H and O–H groups in total. The molecule has 14 heterocycles. The maximum atomic E-state index is 14.0. The van der Waals surface area contributed by atoms with Crippen LogP contribution in [0.5, 0.6) is 0 Å². The zero-order chi connectivity index (χ0) is 83.1. The summed E-state index contributed by atoms with van der Waals surface area (Å²) < 4.78 is 67.4. The second-order valence-corrected chi connectivity index (χ2v) is 31.4. The summed E-state index contributed by atoms with van der Waals surface area (Å²) in [5.41, 5.74) is 33.3. The van der Waals surface area contributed by atoms with Gasteiger partial charge in [-0.25, -0.2) is 34.5 Å². The average Bonchev–Trinajstić information content (AvgIpc) is 1.59. The first-order valence-electron chi connectivity index (χ1n) is 34.8. The molecule has 1 aliphatic carbocycles. The Hall–Kier alpha value is -10.9. The molecule has 4 atom stereocenters. The highest BCUT2D eigenvalue weighted by atomic mass is 35.5. The highest BCUT2D eigenvalue weighted by molar-refractivity contribution is 8.04. The molecule has 0 unspecified atom stereocenters. The maximum Gasteiger partial charge on any atom is 0.314 e. The summed E-state index contributed by atoms with van der Waals surface area (Å²) in [6.45, 7) is 20.7. The number of nitrogen functional groups attached to an aromatic ring is 6. The monoisotopic (exact) mass is 1730 g/mol. The number of nitrogens with two attached hydrogens (primary N) is 6. The molecule has 116 heavy (non-hydrogen) atoms. The summed E-state index contributed by atoms with van der Waals surface area (Å²) in [7, 11) is 0. The molecule has 0 aromatic carbocycles. The molecule has 0 spiro atoms. The smallest absolute Gasteiger partial charge is 0.314 e. The first kappa shape index (κ1) is 89.0. The summed E-state index contributed by atoms with van der Waals surface area (Å²) in [6, 6.07) is 0.551. The van der Waals surface area contributed by atoms with E-state index in [0.717, 1.165) is 98.7 Å². The van der Waals surface area contributed by atoms with E-state index in [2.05, 4.69) is 96.4 Å². The molecule has 1 saturated heterocycles. The van der Waals surface area contributed by atoms with Crippen LogP contribution >= 0.6 is 80.9 Å². The molecule has 0 bridgehead atoms. The summed E-state index contributed by atoms with van der Waals surface area (Å²) in [5.74, 6) is -2.28. The summed E-state index contributed by atoms with van der Waals surface area (Å²) >= 11 is 13.0. The number of esters is 3. The number of rotatable bonds is 18. The Bertz CT molecular complexity index is 5440. The maximum absolute atomic E-state index is 14.0. The number of aromatic nitrogens is 16. The first-order chi connectivity index (χ1) is 55.0. The number of thioether (sulfide) groups is 3. The van der Waals surface area contributed by atoms with Crippen LogP contribution < -0.4 is 63.7 Å². The van der Waals surface area contributed by atoms with Gasteiger partial charge in [0.1, 0.15) is 12.7 Å². The predicted molar refractivity (Wildman–Crippen MR) is 444 cm³/mol. The minimum Gasteiger partial charge on any atom is -0.463 e. The van der Waals surface area contributed by atoms with Gasteiger partial charge in [0, 0.05) is 76.5 Å². The van der Waals surface area contributed by atoms with E-state index >= 15 is 0 Å². The molecule has 15 rings (SSSR count). The number of hydrogen-bond acceptors (Lipinski definition) is 39. The molecular weight excluding hydrogens is 1650 g/mol. The van der Waals surface area contributed by atoms with E-state index in [-0.39, 0.29) is 72.1 Å². The van der Waals surface area contributed by atoms with Gasteiger partial charge in [-0.2, -0.15) is 48.1 Å². The largest absolute Gasteiger partial charge is 0.463 e. The van der Waals surface area contributed by atoms with Gasteiger partial charge in [0.15, 0.2) is 52.8 Å². The number of carbonyl (C=O) groups is 3. The summed E-state index contributed by atoms with van der Waals surface area (Å²) in [6.07, 6.45) is 22.0. The number of thiazole rings is 3. The summed E-state index contributed by atoms with van der Waals surface area (Å²) in [4.78, 5) is 130. The van der Waals surface area contributed by atoms with E-state index in [0.29, 0.717) is 57.3 Å². The normalized spacial score (nSPS) is 16.5. The van der Waals surface area contributed by atoms with Crippen LogP contribution in [-0.4, -0.2) is 158 Å². The number of nitrogens with zero attached hydrogens (tertiary/aromatic N) is 19. The lowest BCUT2D eigenvalue weighted by Crippen LogP contribution is -2.41. The Morgan fingerprint density at radius 1 is 0.595 bits per heavy atom. The van der Waals surface area contributed by atoms with Crippen LogP contribution in [0.1, 0.15) is 98.3 Å². The van der Waals surface area contributed by atoms with E-state index < -0.39 is 75.6 Å². The molecule has 36 nitrogen and oxygen atoms in total. The van der Waals surface area contributed by atoms with Crippen LogP contribution in [0.25, 0.3) is 36.7 Å². The number of unbranched alkanes of at least 4 members (excludes halogenated alkanes) is 3. The zero-order valence-corrected chi connectivity index (χ0v) is 67.8. The molecule has 0 amide bonds. The SMILES string of the molecule is C.C=C1Sc2cnc(N)nc2N1C/C=C/CCl.C=C1Sc2cnc(N)nc2N1C/C=C/CO.C=C1Sc2cnc(N)nc2N1C1CCCC1.CC(=O)OC[C@H]1O[C@@H](n2c(=O)sc3cnc(N)nc32)[C@H](OC(C)=O)[C@H]1OC(C)=O.CCCCCCn1c(=O)sc2cnc(N)nc21.Cc1c(F)nc(F)c(F)c1-n1c(=O)sc2cnc(N)nc21. The molecule has 1 saturated carbocycles. The van der Waals surface area contributed by atoms with Gasteiger partial charge in [-0.05, 0) is 26.2 Å². The minimum atomic E-state index is -1.64. The van der Waals surface area contributed by atoms with Gasteiger partial charge < -0.3 is 73.2 Å². The van der Waals surface area contributed by atoms with Crippen molar-refractivity contribution >= 4 is 183 Å². The number of fused-ring (bicyclic) bond motifs is 6. The van der Waals surface area contributed by atoms with Crippen LogP contribution in [0, 0.1) is 24.6 Å². The van der Waals surface area contributed by atoms with Crippen molar-refractivity contribution in [1.29, 1.82) is 0 Å². The number of allylic oxidation sites excluding steroid dienone is 1. The van der Waals surface area contributed by atoms with Crippen molar-refractivity contribution in [2.75, 3.05) is 81.3 Å². The van der Waals surface area contributed by atoms with Crippen LogP contribution in [0.3, 0.4) is 0 Å². The van der Waals surface area contributed by atoms with Gasteiger partial charge in [-0.3, -0.25) is 37.9 Å². The van der Waals surface area contributed by atoms with E-state index in [1.165, 1.54) is 94.8 Å². The quantitative estimate of drug-likeness (QED) is 0.0105. The van der Waals surface area contributed by atoms with Crippen LogP contribution in [0.2, 0.25) is 0 Å². The molecule has 46 heteroatoms. The number of aliphatic hydroxyl groups excluding tert-OH is 1. The second kappa shape index (κ2) is 40.6. The number of halogens is 4. The fraction of sp³-hybridized carbons (Fsp3) is 0.357. The van der Waals surface area contributed by atoms with Crippen molar-refractivity contribution in [3.8, 4) is 5.69 Å². The Labute approximate surface area is 689 Å². The van der Waals surface area contributed by atoms with Gasteiger partial charge in [-0.15, -0.1) is 11.6 Å². The van der Waals surface area contributed by atoms with Crippen LogP contribution in [-0.2, 0) is 39.9 Å². The number of aliphatic hydroxyl groups is 1. The van der Waals surface area contributed by atoms with Gasteiger partial charge in [0.2, 0.25) is 47.5 Å². The van der Waals surface area contributed by atoms with E-state index in [9.17, 15) is 41.9 Å². The highest BCUT2D eigenvalue weighted by Gasteiger charge is 2.52. The number of hydrogen-bond donors (Lipinski definition) is 7. The Kier molecular flexibility index (Phi) is 31.1. The number of alkyl halides is 1. The first-order valence-corrected chi connectivity index (χ1v) is 40.3. The second-order valence-electron chi connectivity index (χ2n) is 24.8. The van der Waals surface area contributed by atoms with Gasteiger partial charge in [0.05, 0.1) is 74.8 Å². The number of anilines is 9. The van der Waals surface area contributed by atoms with Crippen LogP contribution in [0.4, 0.5) is 66.3 Å². The minimum absolute atomic E-state index is 0. The van der Waals surface area contributed by atoms with E-state index in [1.807, 2.05) is 28.0 Å². The standard InChI is InChI=1S/C16H18N4O8S.C11H6F3N5OS.C11H16N4OS.C11H14N4S.C10H11ClN4S.C10H12N4OS.CH4/c1-6(21)25-5-9-11(26-7(2)22)12(27-8(3)23)14(28-9)20-13-10(29-16(20)24)4-18-15(17)19-13;1-3-6(5(12)8(14)17-7(3)13)19-9-4(21-11(19)20)2-16-10(15)18-9;1-2-3-4-5-6-15-9-8(17-11(15)16)7-13-10(12)14-9;1-7-15(8-4-2-3-5-8)10-9(16-7)6-13-11(12)14-10;1-7-15(5-3-2-4-11)9-8(16-7)6-13-10(12)14-9;1-7-14(4-2-3-5-15)9-8(16-7)6-12-10(11)13-9;/h4,9,11-12,14H,5H2,1-3H3,(H2,17,18,19);2H,1H3,(H2,15,16,18);7H,2-6H2,1H3,(H2,12,13,14);6,8H,1-5H2,(H2,12,13,14);2-3,6H,1,4-5H2,(H2,12,13,14);2-3,6,15H,1,4-5H2,(H2,11,12,13);1H4/b;;;;2*3-2+;/t9-,11+,12-,14-;;;;;;/m1....../s1. The number of aryl methyl sites for hydroxylation is 1. The third-order valence-electron chi connectivity index (χ3n) is 16.8. The molecule has 2 fully saturated rings. The molecule has 4 aliphatic heterocycles. The lowest BCUT2D eigenvalue weighted by molar-refractivity contribution is -0.166. The highest BCUT2D eigenvalue weighted by Crippen LogP contribution is 2.48. The Balaban J connectivity index is 0.000000161. The van der Waals surface area contributed by atoms with E-state index in [4.69, 9.17) is 70.1 Å². The Morgan fingerprint density at radius 3 is 1.61 bits per heavy atom. The number of pyridine rings is 1. The van der Waals surface area contributed by atoms with Crippen molar-refractivity contribution in [3.05, 3.63) is 149 Å². The Morgan fingerprint density at radius 2 is 1.07 bits per heavy atom. The van der Waals surface area contributed by atoms with Crippen LogP contribution in [0.15, 0.2) is 125 Å². The van der Waals surface area contributed by atoms with Crippen molar-refractivity contribution in [2.45, 2.75) is 145 Å². The summed E-state index contributed by atoms with van der Waals surface area (Å²) in [5, 5.41) is 11.5. The average molecular weight is 1730 g/mol. The van der Waals surface area contributed by atoms with Crippen molar-refractivity contribution in [3.63, 3.8) is 0 Å². The molecular formula is C70H81ClF3N25O11S6. The molecule has 10 aromatic rings. The van der Waals surface area contributed by atoms with Gasteiger partial charge in [-0.1, -0.05) is 160 Å². The van der Waals surface area contributed by atoms with Crippen molar-refractivity contribution < 1.29 is 51.6 Å². The molecule has 10 aromatic heterocycles. The fourth-order valence-electron chi connectivity index (χ4n) is 11.8. The van der Waals surface area contributed by atoms with Crippen molar-refractivity contribution in [2.24, 2.45) is 0 Å². The predicted octanol–water partition coefficient (Wildman–Crippen LogP) is 9.57. The number of ether oxygens (including phenoxy) is 4. The molecule has 616 valence electrons. The number of carbonyl (C=O) groups excluding carboxylic acids is 3. The van der Waals surface area contributed by atoms with E-state index in [1.54, 1.807) is 59.0 Å². The third-order valence-corrected chi connectivity index (χ3v) is 22.5. The fourth-order valence-corrected chi connectivity index (χ4v) is 17.1. The van der Waals surface area contributed by atoms with Gasteiger partial charge in [0.25, 0.3) is 5.95 Å². The molecule has 5 aliphatic rings.